The highest BCUT2D eigenvalue weighted by Gasteiger charge is 2.23. The summed E-state index contributed by atoms with van der Waals surface area (Å²) in [5, 5.41) is 3.04. The summed E-state index contributed by atoms with van der Waals surface area (Å²) in [6, 6.07) is 13.7. The van der Waals surface area contributed by atoms with Gasteiger partial charge in [0.15, 0.2) is 0 Å². The Hall–Kier alpha value is -2.35. The lowest BCUT2D eigenvalue weighted by Gasteiger charge is -2.34. The topological polar surface area (TPSA) is 60.0 Å². The summed E-state index contributed by atoms with van der Waals surface area (Å²) >= 11 is 3.45. The Labute approximate surface area is 185 Å². The van der Waals surface area contributed by atoms with Gasteiger partial charge in [0.25, 0.3) is 0 Å². The van der Waals surface area contributed by atoms with Crippen LogP contribution in [0.2, 0.25) is 0 Å². The van der Waals surface area contributed by atoms with Crippen molar-refractivity contribution in [2.24, 2.45) is 0 Å². The van der Waals surface area contributed by atoms with Crippen molar-refractivity contribution in [3.05, 3.63) is 64.1 Å². The Bertz CT molecular complexity index is 864. The van der Waals surface area contributed by atoms with Crippen LogP contribution >= 0.6 is 15.9 Å². The smallest absolute Gasteiger partial charge is 0.244 e. The average Bonchev–Trinajstić information content (AvgIpc) is 2.79. The first-order chi connectivity index (χ1) is 14.6. The summed E-state index contributed by atoms with van der Waals surface area (Å²) in [5.41, 5.74) is 1.97. The van der Waals surface area contributed by atoms with Gasteiger partial charge in [0, 0.05) is 35.7 Å². The highest BCUT2D eigenvalue weighted by molar-refractivity contribution is 9.10. The second-order valence-electron chi connectivity index (χ2n) is 6.90. The minimum Gasteiger partial charge on any atom is -0.497 e. The molecule has 1 atom stereocenters. The lowest BCUT2D eigenvalue weighted by Crippen LogP contribution is -2.43. The molecule has 0 saturated carbocycles. The maximum Gasteiger partial charge on any atom is 0.244 e. The van der Waals surface area contributed by atoms with E-state index in [1.165, 1.54) is 6.08 Å². The molecule has 1 aliphatic rings. The third-order valence-corrected chi connectivity index (χ3v) is 5.56. The number of amides is 1. The van der Waals surface area contributed by atoms with Crippen molar-refractivity contribution in [2.75, 3.05) is 47.1 Å². The lowest BCUT2D eigenvalue weighted by atomic mass is 10.0. The van der Waals surface area contributed by atoms with E-state index in [-0.39, 0.29) is 11.9 Å². The molecule has 1 aliphatic heterocycles. The summed E-state index contributed by atoms with van der Waals surface area (Å²) < 4.78 is 17.0. The number of carbonyl (C=O) groups excluding carboxylic acids is 1. The number of methoxy groups -OCH3 is 2. The first-order valence-electron chi connectivity index (χ1n) is 9.86. The second kappa shape index (κ2) is 11.2. The van der Waals surface area contributed by atoms with Crippen LogP contribution in [0.4, 0.5) is 0 Å². The fourth-order valence-corrected chi connectivity index (χ4v) is 3.81. The number of hydrogen-bond donors (Lipinski definition) is 1. The first kappa shape index (κ1) is 22.3. The van der Waals surface area contributed by atoms with E-state index >= 15 is 0 Å². The molecule has 1 N–H and O–H groups in total. The van der Waals surface area contributed by atoms with Gasteiger partial charge in [-0.1, -0.05) is 28.1 Å². The van der Waals surface area contributed by atoms with E-state index in [2.05, 4.69) is 26.1 Å². The van der Waals surface area contributed by atoms with Gasteiger partial charge in [-0.2, -0.15) is 0 Å². The van der Waals surface area contributed by atoms with Crippen LogP contribution in [-0.4, -0.2) is 57.9 Å². The van der Waals surface area contributed by atoms with Crippen LogP contribution in [0.25, 0.3) is 6.08 Å². The summed E-state index contributed by atoms with van der Waals surface area (Å²) in [7, 11) is 3.27. The molecule has 0 aliphatic carbocycles. The molecule has 0 bridgehead atoms. The molecule has 1 unspecified atom stereocenters. The highest BCUT2D eigenvalue weighted by atomic mass is 79.9. The number of halogens is 1. The summed E-state index contributed by atoms with van der Waals surface area (Å²) in [6.07, 6.45) is 3.30. The third-order valence-electron chi connectivity index (χ3n) is 5.06. The molecule has 0 radical (unpaired) electrons. The molecule has 1 saturated heterocycles. The van der Waals surface area contributed by atoms with Crippen LogP contribution in [0.5, 0.6) is 11.5 Å². The predicted molar refractivity (Wildman–Crippen MR) is 121 cm³/mol. The van der Waals surface area contributed by atoms with Gasteiger partial charge < -0.3 is 19.5 Å². The Morgan fingerprint density at radius 3 is 2.57 bits per heavy atom. The minimum absolute atomic E-state index is 0.0672. The van der Waals surface area contributed by atoms with Crippen LogP contribution < -0.4 is 14.8 Å². The minimum atomic E-state index is -0.149. The number of nitrogens with zero attached hydrogens (tertiary/aromatic N) is 1. The average molecular weight is 475 g/mol. The van der Waals surface area contributed by atoms with Crippen LogP contribution in [-0.2, 0) is 9.53 Å². The zero-order valence-electron chi connectivity index (χ0n) is 17.3. The largest absolute Gasteiger partial charge is 0.497 e. The van der Waals surface area contributed by atoms with Gasteiger partial charge in [0.2, 0.25) is 5.91 Å². The number of benzene rings is 2. The molecule has 0 spiro atoms. The molecule has 160 valence electrons. The zero-order valence-corrected chi connectivity index (χ0v) is 18.9. The number of carbonyl (C=O) groups is 1. The first-order valence-corrected chi connectivity index (χ1v) is 10.6. The molecule has 1 amide bonds. The number of ether oxygens (including phenoxy) is 3. The van der Waals surface area contributed by atoms with Crippen molar-refractivity contribution in [1.29, 1.82) is 0 Å². The molecule has 2 aromatic carbocycles. The van der Waals surface area contributed by atoms with Crippen LogP contribution in [0.15, 0.2) is 53.0 Å². The Morgan fingerprint density at radius 2 is 1.90 bits per heavy atom. The van der Waals surface area contributed by atoms with Crippen molar-refractivity contribution in [1.82, 2.24) is 10.2 Å². The van der Waals surface area contributed by atoms with Crippen molar-refractivity contribution in [2.45, 2.75) is 6.04 Å². The van der Waals surface area contributed by atoms with Crippen molar-refractivity contribution in [3.63, 3.8) is 0 Å². The summed E-state index contributed by atoms with van der Waals surface area (Å²) in [6.45, 7) is 3.56. The van der Waals surface area contributed by atoms with Crippen LogP contribution in [0, 0.1) is 0 Å². The molecule has 0 aromatic heterocycles. The van der Waals surface area contributed by atoms with Gasteiger partial charge in [0.1, 0.15) is 11.5 Å². The van der Waals surface area contributed by atoms with E-state index in [1.807, 2.05) is 42.5 Å². The maximum absolute atomic E-state index is 12.5. The third kappa shape index (κ3) is 6.08. The van der Waals surface area contributed by atoms with Crippen molar-refractivity contribution in [3.8, 4) is 11.5 Å². The van der Waals surface area contributed by atoms with Gasteiger partial charge in [0.05, 0.1) is 33.5 Å². The van der Waals surface area contributed by atoms with E-state index in [4.69, 9.17) is 14.2 Å². The molecular formula is C23H27BrN2O4. The monoisotopic (exact) mass is 474 g/mol. The molecule has 6 nitrogen and oxygen atoms in total. The van der Waals surface area contributed by atoms with E-state index in [0.29, 0.717) is 25.5 Å². The van der Waals surface area contributed by atoms with Gasteiger partial charge in [-0.05, 0) is 42.0 Å². The SMILES string of the molecule is COc1ccc(C(CNC(=O)/C=C/c2cc(Br)ccc2OC)N2CCOCC2)cc1. The Kier molecular flexibility index (Phi) is 8.30. The molecule has 2 aromatic rings. The number of nitrogens with one attached hydrogen (secondary N) is 1. The molecule has 3 rings (SSSR count). The predicted octanol–water partition coefficient (Wildman–Crippen LogP) is 3.67. The normalized spacial score (nSPS) is 15.7. The fraction of sp³-hybridized carbons (Fsp3) is 0.348. The second-order valence-corrected chi connectivity index (χ2v) is 7.82. The quantitative estimate of drug-likeness (QED) is 0.591. The van der Waals surface area contributed by atoms with Crippen LogP contribution in [0.3, 0.4) is 0 Å². The fourth-order valence-electron chi connectivity index (χ4n) is 3.43. The van der Waals surface area contributed by atoms with E-state index in [9.17, 15) is 4.79 Å². The highest BCUT2D eigenvalue weighted by Crippen LogP contribution is 2.25. The lowest BCUT2D eigenvalue weighted by molar-refractivity contribution is -0.116. The van der Waals surface area contributed by atoms with Gasteiger partial charge >= 0.3 is 0 Å². The number of hydrogen-bond acceptors (Lipinski definition) is 5. The summed E-state index contributed by atoms with van der Waals surface area (Å²) in [4.78, 5) is 14.8. The van der Waals surface area contributed by atoms with Gasteiger partial charge in [-0.3, -0.25) is 9.69 Å². The zero-order chi connectivity index (χ0) is 21.3. The number of morpholine rings is 1. The molecule has 30 heavy (non-hydrogen) atoms. The molecule has 1 fully saturated rings. The van der Waals surface area contributed by atoms with E-state index in [0.717, 1.165) is 34.4 Å². The molecule has 1 heterocycles. The standard InChI is InChI=1S/C23H27BrN2O4/c1-28-20-7-3-17(4-8-20)21(26-11-13-30-14-12-26)16-25-23(27)10-5-18-15-19(24)6-9-22(18)29-2/h3-10,15,21H,11-14,16H2,1-2H3,(H,25,27)/b10-5+. The van der Waals surface area contributed by atoms with Crippen molar-refractivity contribution >= 4 is 27.9 Å². The Balaban J connectivity index is 1.68. The van der Waals surface area contributed by atoms with E-state index in [1.54, 1.807) is 20.3 Å². The number of rotatable bonds is 8. The van der Waals surface area contributed by atoms with Gasteiger partial charge in [-0.25, -0.2) is 0 Å². The molecular weight excluding hydrogens is 448 g/mol. The van der Waals surface area contributed by atoms with E-state index < -0.39 is 0 Å². The summed E-state index contributed by atoms with van der Waals surface area (Å²) in [5.74, 6) is 1.38. The van der Waals surface area contributed by atoms with Crippen LogP contribution in [0.1, 0.15) is 17.2 Å². The maximum atomic E-state index is 12.5. The Morgan fingerprint density at radius 1 is 1.17 bits per heavy atom. The van der Waals surface area contributed by atoms with Crippen molar-refractivity contribution < 1.29 is 19.0 Å². The molecule has 7 heteroatoms. The van der Waals surface area contributed by atoms with Gasteiger partial charge in [-0.15, -0.1) is 0 Å².